The standard InChI is InChI=1S/C12H17N3O3/c1-4-15(8-11(16)14(2)3)10-7-9(12(17)18)5-6-13-10/h5-7H,4,8H2,1-3H3,(H,17,18). The van der Waals surface area contributed by atoms with Gasteiger partial charge in [0.25, 0.3) is 0 Å². The Balaban J connectivity index is 2.91. The van der Waals surface area contributed by atoms with Gasteiger partial charge in [0.15, 0.2) is 0 Å². The number of anilines is 1. The highest BCUT2D eigenvalue weighted by Gasteiger charge is 2.14. The number of aromatic carboxylic acids is 1. The van der Waals surface area contributed by atoms with E-state index < -0.39 is 5.97 Å². The van der Waals surface area contributed by atoms with Crippen LogP contribution in [0.2, 0.25) is 0 Å². The Bertz CT molecular complexity index is 446. The molecule has 6 heteroatoms. The van der Waals surface area contributed by atoms with E-state index in [2.05, 4.69) is 4.98 Å². The van der Waals surface area contributed by atoms with Crippen molar-refractivity contribution < 1.29 is 14.7 Å². The molecular formula is C12H17N3O3. The van der Waals surface area contributed by atoms with Gasteiger partial charge in [-0.25, -0.2) is 9.78 Å². The van der Waals surface area contributed by atoms with Gasteiger partial charge in [-0.2, -0.15) is 0 Å². The molecule has 1 N–H and O–H groups in total. The van der Waals surface area contributed by atoms with Crippen LogP contribution in [0.25, 0.3) is 0 Å². The summed E-state index contributed by atoms with van der Waals surface area (Å²) in [6.45, 7) is 2.65. The Hall–Kier alpha value is -2.11. The van der Waals surface area contributed by atoms with Gasteiger partial charge in [-0.15, -0.1) is 0 Å². The minimum Gasteiger partial charge on any atom is -0.478 e. The number of carboxylic acids is 1. The average molecular weight is 251 g/mol. The van der Waals surface area contributed by atoms with Crippen LogP contribution >= 0.6 is 0 Å². The van der Waals surface area contributed by atoms with E-state index in [0.717, 1.165) is 0 Å². The molecule has 1 aromatic rings. The summed E-state index contributed by atoms with van der Waals surface area (Å²) in [5.74, 6) is -0.569. The summed E-state index contributed by atoms with van der Waals surface area (Å²) >= 11 is 0. The predicted molar refractivity (Wildman–Crippen MR) is 67.8 cm³/mol. The van der Waals surface area contributed by atoms with E-state index in [9.17, 15) is 9.59 Å². The van der Waals surface area contributed by atoms with Crippen LogP contribution in [-0.4, -0.2) is 54.1 Å². The number of likely N-dealkylation sites (N-methyl/N-ethyl adjacent to an activating group) is 2. The van der Waals surface area contributed by atoms with E-state index in [0.29, 0.717) is 12.4 Å². The Labute approximate surface area is 106 Å². The fraction of sp³-hybridized carbons (Fsp3) is 0.417. The van der Waals surface area contributed by atoms with Gasteiger partial charge in [-0.05, 0) is 19.1 Å². The van der Waals surface area contributed by atoms with Crippen molar-refractivity contribution in [2.45, 2.75) is 6.92 Å². The van der Waals surface area contributed by atoms with Gasteiger partial charge in [0.05, 0.1) is 12.1 Å². The minimum absolute atomic E-state index is 0.0561. The Kier molecular flexibility index (Phi) is 4.65. The minimum atomic E-state index is -1.01. The molecule has 18 heavy (non-hydrogen) atoms. The second kappa shape index (κ2) is 6.00. The first kappa shape index (κ1) is 14.0. The van der Waals surface area contributed by atoms with Crippen LogP contribution in [0.5, 0.6) is 0 Å². The van der Waals surface area contributed by atoms with E-state index in [4.69, 9.17) is 5.11 Å². The van der Waals surface area contributed by atoms with Gasteiger partial charge in [0.2, 0.25) is 5.91 Å². The Morgan fingerprint density at radius 1 is 1.39 bits per heavy atom. The van der Waals surface area contributed by atoms with Gasteiger partial charge in [0, 0.05) is 26.8 Å². The third-order valence-electron chi connectivity index (χ3n) is 2.52. The van der Waals surface area contributed by atoms with Crippen LogP contribution in [0.4, 0.5) is 5.82 Å². The van der Waals surface area contributed by atoms with Crippen LogP contribution in [0.3, 0.4) is 0 Å². The molecule has 0 fully saturated rings. The molecule has 1 amide bonds. The monoisotopic (exact) mass is 251 g/mol. The van der Waals surface area contributed by atoms with Crippen LogP contribution in [0.15, 0.2) is 18.3 Å². The normalized spacial score (nSPS) is 9.94. The summed E-state index contributed by atoms with van der Waals surface area (Å²) in [6, 6.07) is 2.89. The smallest absolute Gasteiger partial charge is 0.335 e. The highest BCUT2D eigenvalue weighted by molar-refractivity contribution is 5.88. The highest BCUT2D eigenvalue weighted by Crippen LogP contribution is 2.12. The first-order chi connectivity index (χ1) is 8.45. The molecule has 0 aliphatic rings. The van der Waals surface area contributed by atoms with Crippen LogP contribution in [0.1, 0.15) is 17.3 Å². The number of hydrogen-bond acceptors (Lipinski definition) is 4. The fourth-order valence-corrected chi connectivity index (χ4v) is 1.38. The number of aromatic nitrogens is 1. The molecule has 0 atom stereocenters. The van der Waals surface area contributed by atoms with Gasteiger partial charge in [-0.3, -0.25) is 4.79 Å². The number of carboxylic acid groups (broad SMARTS) is 1. The largest absolute Gasteiger partial charge is 0.478 e. The molecule has 1 heterocycles. The number of hydrogen-bond donors (Lipinski definition) is 1. The van der Waals surface area contributed by atoms with Gasteiger partial charge < -0.3 is 14.9 Å². The summed E-state index contributed by atoms with van der Waals surface area (Å²) in [6.07, 6.45) is 1.43. The van der Waals surface area contributed by atoms with E-state index in [1.165, 1.54) is 23.2 Å². The van der Waals surface area contributed by atoms with Gasteiger partial charge >= 0.3 is 5.97 Å². The molecule has 0 bridgehead atoms. The SMILES string of the molecule is CCN(CC(=O)N(C)C)c1cc(C(=O)O)ccn1. The zero-order chi connectivity index (χ0) is 13.7. The van der Waals surface area contributed by atoms with Gasteiger partial charge in [0.1, 0.15) is 5.82 Å². The predicted octanol–water partition coefficient (Wildman–Crippen LogP) is 0.694. The second-order valence-corrected chi connectivity index (χ2v) is 4.01. The molecule has 0 unspecified atom stereocenters. The lowest BCUT2D eigenvalue weighted by molar-refractivity contribution is -0.127. The molecule has 0 aliphatic carbocycles. The molecule has 6 nitrogen and oxygen atoms in total. The second-order valence-electron chi connectivity index (χ2n) is 4.01. The maximum atomic E-state index is 11.6. The van der Waals surface area contributed by atoms with Crippen molar-refractivity contribution in [3.8, 4) is 0 Å². The summed E-state index contributed by atoms with van der Waals surface area (Å²) in [7, 11) is 3.36. The fourth-order valence-electron chi connectivity index (χ4n) is 1.38. The van der Waals surface area contributed by atoms with Crippen molar-refractivity contribution in [3.05, 3.63) is 23.9 Å². The highest BCUT2D eigenvalue weighted by atomic mass is 16.4. The summed E-state index contributed by atoms with van der Waals surface area (Å²) in [5, 5.41) is 8.91. The molecule has 0 spiro atoms. The van der Waals surface area contributed by atoms with Crippen LogP contribution < -0.4 is 4.90 Å². The van der Waals surface area contributed by atoms with E-state index in [-0.39, 0.29) is 18.0 Å². The van der Waals surface area contributed by atoms with Crippen molar-refractivity contribution in [3.63, 3.8) is 0 Å². The van der Waals surface area contributed by atoms with E-state index in [1.807, 2.05) is 6.92 Å². The average Bonchev–Trinajstić information content (AvgIpc) is 2.35. The van der Waals surface area contributed by atoms with Gasteiger partial charge in [-0.1, -0.05) is 0 Å². The number of nitrogens with zero attached hydrogens (tertiary/aromatic N) is 3. The number of carbonyl (C=O) groups excluding carboxylic acids is 1. The first-order valence-electron chi connectivity index (χ1n) is 5.60. The molecule has 98 valence electrons. The lowest BCUT2D eigenvalue weighted by Crippen LogP contribution is -2.37. The third-order valence-corrected chi connectivity index (χ3v) is 2.52. The zero-order valence-corrected chi connectivity index (χ0v) is 10.8. The summed E-state index contributed by atoms with van der Waals surface area (Å²) in [5.41, 5.74) is 0.163. The molecule has 1 aromatic heterocycles. The Morgan fingerprint density at radius 2 is 2.06 bits per heavy atom. The molecule has 0 radical (unpaired) electrons. The molecular weight excluding hydrogens is 234 g/mol. The van der Waals surface area contributed by atoms with E-state index >= 15 is 0 Å². The van der Waals surface area contributed by atoms with E-state index in [1.54, 1.807) is 19.0 Å². The lowest BCUT2D eigenvalue weighted by Gasteiger charge is -2.23. The van der Waals surface area contributed by atoms with Crippen LogP contribution in [0, 0.1) is 0 Å². The van der Waals surface area contributed by atoms with Crippen molar-refractivity contribution in [2.75, 3.05) is 32.1 Å². The van der Waals surface area contributed by atoms with Crippen molar-refractivity contribution >= 4 is 17.7 Å². The maximum absolute atomic E-state index is 11.6. The Morgan fingerprint density at radius 3 is 2.56 bits per heavy atom. The molecule has 0 aliphatic heterocycles. The summed E-state index contributed by atoms with van der Waals surface area (Å²) in [4.78, 5) is 29.8. The zero-order valence-electron chi connectivity index (χ0n) is 10.8. The molecule has 1 rings (SSSR count). The molecule has 0 saturated heterocycles. The lowest BCUT2D eigenvalue weighted by atomic mass is 10.2. The van der Waals surface area contributed by atoms with Crippen molar-refractivity contribution in [2.24, 2.45) is 0 Å². The summed E-state index contributed by atoms with van der Waals surface area (Å²) < 4.78 is 0. The molecule has 0 saturated carbocycles. The molecule has 0 aromatic carbocycles. The quantitative estimate of drug-likeness (QED) is 0.833. The van der Waals surface area contributed by atoms with Crippen molar-refractivity contribution in [1.82, 2.24) is 9.88 Å². The van der Waals surface area contributed by atoms with Crippen molar-refractivity contribution in [1.29, 1.82) is 0 Å². The topological polar surface area (TPSA) is 73.7 Å². The first-order valence-corrected chi connectivity index (χ1v) is 5.60. The van der Waals surface area contributed by atoms with Crippen LogP contribution in [-0.2, 0) is 4.79 Å². The number of pyridine rings is 1. The number of rotatable bonds is 5. The maximum Gasteiger partial charge on any atom is 0.335 e. The number of amides is 1. The number of carbonyl (C=O) groups is 2. The third kappa shape index (κ3) is 3.44.